The normalized spacial score (nSPS) is 16.5. The second kappa shape index (κ2) is 3.46. The Labute approximate surface area is 81.1 Å². The van der Waals surface area contributed by atoms with Crippen LogP contribution in [0, 0.1) is 5.82 Å². The van der Waals surface area contributed by atoms with Crippen LogP contribution in [0.15, 0.2) is 12.1 Å². The average Bonchev–Trinajstić information content (AvgIpc) is 2.18. The zero-order valence-electron chi connectivity index (χ0n) is 7.79. The molecule has 1 heterocycles. The van der Waals surface area contributed by atoms with Crippen molar-refractivity contribution in [1.82, 2.24) is 0 Å². The molecule has 4 heteroatoms. The zero-order valence-corrected chi connectivity index (χ0v) is 7.79. The highest BCUT2D eigenvalue weighted by atomic mass is 19.1. The first kappa shape index (κ1) is 9.27. The molecule has 1 aromatic carbocycles. The fourth-order valence-corrected chi connectivity index (χ4v) is 1.45. The molecule has 3 nitrogen and oxygen atoms in total. The Kier molecular flexibility index (Phi) is 2.29. The van der Waals surface area contributed by atoms with Gasteiger partial charge in [-0.3, -0.25) is 0 Å². The van der Waals surface area contributed by atoms with Crippen molar-refractivity contribution in [3.63, 3.8) is 0 Å². The Bertz CT molecular complexity index is 349. The summed E-state index contributed by atoms with van der Waals surface area (Å²) in [5.74, 6) is -0.0231. The van der Waals surface area contributed by atoms with Gasteiger partial charge in [-0.2, -0.15) is 0 Å². The second-order valence-electron chi connectivity index (χ2n) is 3.17. The van der Waals surface area contributed by atoms with Gasteiger partial charge in [0.15, 0.2) is 17.3 Å². The molecule has 1 unspecified atom stereocenters. The molecular formula is C10H11FO3. The molecule has 0 spiro atoms. The molecule has 0 aliphatic carbocycles. The lowest BCUT2D eigenvalue weighted by molar-refractivity contribution is 0.148. The molecule has 0 aromatic heterocycles. The molecule has 0 saturated heterocycles. The summed E-state index contributed by atoms with van der Waals surface area (Å²) in [7, 11) is 0. The highest BCUT2D eigenvalue weighted by Gasteiger charge is 2.22. The molecule has 76 valence electrons. The van der Waals surface area contributed by atoms with Crippen molar-refractivity contribution in [2.75, 3.05) is 13.2 Å². The van der Waals surface area contributed by atoms with Gasteiger partial charge in [0.1, 0.15) is 13.2 Å². The summed E-state index contributed by atoms with van der Waals surface area (Å²) in [4.78, 5) is 0. The van der Waals surface area contributed by atoms with Gasteiger partial charge in [-0.25, -0.2) is 4.39 Å². The molecule has 0 bridgehead atoms. The quantitative estimate of drug-likeness (QED) is 0.745. The number of benzene rings is 1. The van der Waals surface area contributed by atoms with Crippen molar-refractivity contribution < 1.29 is 19.0 Å². The minimum atomic E-state index is -0.689. The lowest BCUT2D eigenvalue weighted by atomic mass is 10.1. The van der Waals surface area contributed by atoms with Crippen molar-refractivity contribution in [3.8, 4) is 11.5 Å². The Balaban J connectivity index is 2.53. The van der Waals surface area contributed by atoms with Crippen LogP contribution in [-0.4, -0.2) is 18.3 Å². The summed E-state index contributed by atoms with van der Waals surface area (Å²) < 4.78 is 23.6. The number of aliphatic hydroxyl groups is 1. The molecule has 1 aliphatic heterocycles. The SMILES string of the molecule is CC(O)c1ccc(F)c2c1OCCO2. The Morgan fingerprint density at radius 2 is 1.93 bits per heavy atom. The van der Waals surface area contributed by atoms with Gasteiger partial charge in [-0.1, -0.05) is 0 Å². The van der Waals surface area contributed by atoms with Crippen molar-refractivity contribution in [3.05, 3.63) is 23.5 Å². The standard InChI is InChI=1S/C10H11FO3/c1-6(12)7-2-3-8(11)10-9(7)13-4-5-14-10/h2-3,6,12H,4-5H2,1H3. The molecule has 14 heavy (non-hydrogen) atoms. The number of hydrogen-bond donors (Lipinski definition) is 1. The van der Waals surface area contributed by atoms with Gasteiger partial charge >= 0.3 is 0 Å². The highest BCUT2D eigenvalue weighted by Crippen LogP contribution is 2.38. The van der Waals surface area contributed by atoms with E-state index < -0.39 is 11.9 Å². The van der Waals surface area contributed by atoms with E-state index in [4.69, 9.17) is 9.47 Å². The van der Waals surface area contributed by atoms with Crippen LogP contribution in [0.1, 0.15) is 18.6 Å². The van der Waals surface area contributed by atoms with Gasteiger partial charge in [0.05, 0.1) is 6.10 Å². The van der Waals surface area contributed by atoms with Crippen molar-refractivity contribution in [1.29, 1.82) is 0 Å². The van der Waals surface area contributed by atoms with Crippen LogP contribution in [0.5, 0.6) is 11.5 Å². The van der Waals surface area contributed by atoms with Crippen LogP contribution in [0.25, 0.3) is 0 Å². The summed E-state index contributed by atoms with van der Waals surface area (Å²) >= 11 is 0. The lowest BCUT2D eigenvalue weighted by Gasteiger charge is -2.22. The van der Waals surface area contributed by atoms with Crippen molar-refractivity contribution in [2.45, 2.75) is 13.0 Å². The van der Waals surface area contributed by atoms with Crippen LogP contribution in [0.4, 0.5) is 4.39 Å². The first-order valence-electron chi connectivity index (χ1n) is 4.46. The third-order valence-corrected chi connectivity index (χ3v) is 2.12. The van der Waals surface area contributed by atoms with E-state index in [1.54, 1.807) is 6.92 Å². The number of ether oxygens (including phenoxy) is 2. The molecule has 1 aliphatic rings. The van der Waals surface area contributed by atoms with Crippen LogP contribution in [0.3, 0.4) is 0 Å². The molecule has 1 aromatic rings. The van der Waals surface area contributed by atoms with E-state index in [2.05, 4.69) is 0 Å². The first-order valence-corrected chi connectivity index (χ1v) is 4.46. The van der Waals surface area contributed by atoms with Gasteiger partial charge < -0.3 is 14.6 Å². The number of aliphatic hydroxyl groups excluding tert-OH is 1. The largest absolute Gasteiger partial charge is 0.486 e. The van der Waals surface area contributed by atoms with Crippen molar-refractivity contribution >= 4 is 0 Å². The van der Waals surface area contributed by atoms with Gasteiger partial charge in [-0.15, -0.1) is 0 Å². The van der Waals surface area contributed by atoms with Crippen LogP contribution < -0.4 is 9.47 Å². The van der Waals surface area contributed by atoms with E-state index in [0.717, 1.165) is 0 Å². The predicted octanol–water partition coefficient (Wildman–Crippen LogP) is 1.65. The Morgan fingerprint density at radius 3 is 2.57 bits per heavy atom. The fourth-order valence-electron chi connectivity index (χ4n) is 1.45. The van der Waals surface area contributed by atoms with E-state index in [1.165, 1.54) is 12.1 Å². The molecule has 0 fully saturated rings. The predicted molar refractivity (Wildman–Crippen MR) is 48.0 cm³/mol. The average molecular weight is 198 g/mol. The molecule has 1 atom stereocenters. The fraction of sp³-hybridized carbons (Fsp3) is 0.400. The third kappa shape index (κ3) is 1.42. The Hall–Kier alpha value is -1.29. The molecule has 0 radical (unpaired) electrons. The second-order valence-corrected chi connectivity index (χ2v) is 3.17. The number of halogens is 1. The molecule has 0 saturated carbocycles. The summed E-state index contributed by atoms with van der Waals surface area (Å²) in [5, 5.41) is 9.41. The monoisotopic (exact) mass is 198 g/mol. The van der Waals surface area contributed by atoms with E-state index in [-0.39, 0.29) is 5.75 Å². The lowest BCUT2D eigenvalue weighted by Crippen LogP contribution is -2.18. The third-order valence-electron chi connectivity index (χ3n) is 2.12. The summed E-state index contributed by atoms with van der Waals surface area (Å²) in [6, 6.07) is 2.78. The number of hydrogen-bond acceptors (Lipinski definition) is 3. The van der Waals surface area contributed by atoms with Crippen LogP contribution in [-0.2, 0) is 0 Å². The van der Waals surface area contributed by atoms with E-state index >= 15 is 0 Å². The summed E-state index contributed by atoms with van der Waals surface area (Å²) in [6.07, 6.45) is -0.689. The van der Waals surface area contributed by atoms with Gasteiger partial charge in [0, 0.05) is 5.56 Å². The molecular weight excluding hydrogens is 187 g/mol. The first-order chi connectivity index (χ1) is 6.70. The topological polar surface area (TPSA) is 38.7 Å². The maximum absolute atomic E-state index is 13.2. The van der Waals surface area contributed by atoms with Crippen LogP contribution >= 0.6 is 0 Å². The maximum atomic E-state index is 13.2. The van der Waals surface area contributed by atoms with Gasteiger partial charge in [0.2, 0.25) is 0 Å². The number of fused-ring (bicyclic) bond motifs is 1. The minimum Gasteiger partial charge on any atom is -0.486 e. The van der Waals surface area contributed by atoms with Gasteiger partial charge in [-0.05, 0) is 19.1 Å². The van der Waals surface area contributed by atoms with E-state index in [9.17, 15) is 9.50 Å². The Morgan fingerprint density at radius 1 is 1.29 bits per heavy atom. The zero-order chi connectivity index (χ0) is 10.1. The van der Waals surface area contributed by atoms with E-state index in [0.29, 0.717) is 24.5 Å². The maximum Gasteiger partial charge on any atom is 0.197 e. The molecule has 1 N–H and O–H groups in total. The number of rotatable bonds is 1. The highest BCUT2D eigenvalue weighted by molar-refractivity contribution is 5.49. The molecule has 2 rings (SSSR count). The smallest absolute Gasteiger partial charge is 0.197 e. The molecule has 0 amide bonds. The summed E-state index contributed by atoms with van der Waals surface area (Å²) in [5.41, 5.74) is 0.557. The summed E-state index contributed by atoms with van der Waals surface area (Å²) in [6.45, 7) is 2.33. The van der Waals surface area contributed by atoms with Crippen molar-refractivity contribution in [2.24, 2.45) is 0 Å². The van der Waals surface area contributed by atoms with Gasteiger partial charge in [0.25, 0.3) is 0 Å². The van der Waals surface area contributed by atoms with Crippen LogP contribution in [0.2, 0.25) is 0 Å². The minimum absolute atomic E-state index is 0.106. The van der Waals surface area contributed by atoms with E-state index in [1.807, 2.05) is 0 Å².